The Kier molecular flexibility index (Phi) is 5.78. The highest BCUT2D eigenvalue weighted by molar-refractivity contribution is 6.14. The standard InChI is InChI=1S/C32H28FN5O/c33-25-6-10-29-31(19-25)38(20-21-1-2-23-11-12-35-30(23)17-21)32(39)27-18-24(5-9-28(27)36-29)22-3-7-26(8-4-22)37-15-13-34-14-16-37/h1-12,17-19,34-36H,13-16,20H2. The number of amides is 1. The predicted molar refractivity (Wildman–Crippen MR) is 155 cm³/mol. The minimum Gasteiger partial charge on any atom is -0.369 e. The second-order valence-electron chi connectivity index (χ2n) is 10.1. The molecule has 2 aliphatic rings. The number of nitrogens with one attached hydrogen (secondary N) is 3. The zero-order chi connectivity index (χ0) is 26.3. The van der Waals surface area contributed by atoms with E-state index in [2.05, 4.69) is 44.8 Å². The first-order chi connectivity index (χ1) is 19.1. The summed E-state index contributed by atoms with van der Waals surface area (Å²) in [6.45, 7) is 4.28. The fourth-order valence-corrected chi connectivity index (χ4v) is 5.56. The van der Waals surface area contributed by atoms with Crippen LogP contribution >= 0.6 is 0 Å². The zero-order valence-corrected chi connectivity index (χ0v) is 21.4. The molecule has 7 heteroatoms. The summed E-state index contributed by atoms with van der Waals surface area (Å²) in [4.78, 5) is 21.4. The number of benzene rings is 4. The summed E-state index contributed by atoms with van der Waals surface area (Å²) in [5, 5.41) is 7.88. The first kappa shape index (κ1) is 23.5. The fraction of sp³-hybridized carbons (Fsp3) is 0.156. The van der Waals surface area contributed by atoms with Crippen LogP contribution in [0, 0.1) is 5.82 Å². The van der Waals surface area contributed by atoms with E-state index in [1.807, 2.05) is 48.7 Å². The fourth-order valence-electron chi connectivity index (χ4n) is 5.56. The van der Waals surface area contributed by atoms with Gasteiger partial charge in [-0.1, -0.05) is 30.3 Å². The summed E-state index contributed by atoms with van der Waals surface area (Å²) < 4.78 is 14.4. The Morgan fingerprint density at radius 1 is 0.795 bits per heavy atom. The number of fused-ring (bicyclic) bond motifs is 3. The van der Waals surface area contributed by atoms with Crippen molar-refractivity contribution in [1.82, 2.24) is 10.3 Å². The van der Waals surface area contributed by atoms with Crippen LogP contribution in [-0.2, 0) is 6.54 Å². The molecule has 1 amide bonds. The molecule has 39 heavy (non-hydrogen) atoms. The first-order valence-corrected chi connectivity index (χ1v) is 13.3. The topological polar surface area (TPSA) is 63.4 Å². The third-order valence-corrected chi connectivity index (χ3v) is 7.66. The van der Waals surface area contributed by atoms with E-state index in [-0.39, 0.29) is 11.7 Å². The Morgan fingerprint density at radius 3 is 2.44 bits per heavy atom. The molecule has 1 saturated heterocycles. The number of H-pyrrole nitrogens is 1. The van der Waals surface area contributed by atoms with E-state index in [9.17, 15) is 9.18 Å². The number of hydrogen-bond acceptors (Lipinski definition) is 4. The van der Waals surface area contributed by atoms with Crippen molar-refractivity contribution in [2.75, 3.05) is 41.3 Å². The molecule has 1 aromatic heterocycles. The van der Waals surface area contributed by atoms with Crippen molar-refractivity contribution in [3.63, 3.8) is 0 Å². The largest absolute Gasteiger partial charge is 0.369 e. The number of rotatable bonds is 4. The molecular weight excluding hydrogens is 489 g/mol. The lowest BCUT2D eigenvalue weighted by Gasteiger charge is -2.29. The lowest BCUT2D eigenvalue weighted by Crippen LogP contribution is -2.43. The smallest absolute Gasteiger partial charge is 0.260 e. The number of halogens is 1. The van der Waals surface area contributed by atoms with Crippen molar-refractivity contribution in [2.24, 2.45) is 0 Å². The van der Waals surface area contributed by atoms with Crippen molar-refractivity contribution >= 4 is 39.6 Å². The highest BCUT2D eigenvalue weighted by atomic mass is 19.1. The number of hydrogen-bond donors (Lipinski definition) is 3. The van der Waals surface area contributed by atoms with Gasteiger partial charge in [-0.25, -0.2) is 4.39 Å². The molecule has 0 unspecified atom stereocenters. The van der Waals surface area contributed by atoms with E-state index in [4.69, 9.17) is 0 Å². The maximum Gasteiger partial charge on any atom is 0.260 e. The maximum absolute atomic E-state index is 14.4. The lowest BCUT2D eigenvalue weighted by atomic mass is 10.0. The molecule has 3 N–H and O–H groups in total. The van der Waals surface area contributed by atoms with Crippen LogP contribution in [0.4, 0.5) is 27.1 Å². The van der Waals surface area contributed by atoms with E-state index >= 15 is 0 Å². The number of carbonyl (C=O) groups is 1. The third kappa shape index (κ3) is 4.41. The second-order valence-corrected chi connectivity index (χ2v) is 10.1. The predicted octanol–water partition coefficient (Wildman–Crippen LogP) is 6.29. The Morgan fingerprint density at radius 2 is 1.59 bits per heavy atom. The third-order valence-electron chi connectivity index (χ3n) is 7.66. The number of carbonyl (C=O) groups excluding carboxylic acids is 1. The van der Waals surface area contributed by atoms with Crippen LogP contribution in [0.5, 0.6) is 0 Å². The monoisotopic (exact) mass is 517 g/mol. The summed E-state index contributed by atoms with van der Waals surface area (Å²) in [5.41, 5.74) is 7.63. The quantitative estimate of drug-likeness (QED) is 0.262. The molecule has 1 fully saturated rings. The molecule has 2 aliphatic heterocycles. The highest BCUT2D eigenvalue weighted by Crippen LogP contribution is 2.39. The van der Waals surface area contributed by atoms with Crippen LogP contribution in [0.1, 0.15) is 15.9 Å². The van der Waals surface area contributed by atoms with Crippen LogP contribution in [0.3, 0.4) is 0 Å². The van der Waals surface area contributed by atoms with Crippen LogP contribution in [0.25, 0.3) is 22.0 Å². The van der Waals surface area contributed by atoms with Crippen molar-refractivity contribution in [1.29, 1.82) is 0 Å². The summed E-state index contributed by atoms with van der Waals surface area (Å²) in [6, 6.07) is 27.0. The van der Waals surface area contributed by atoms with Crippen LogP contribution in [0.2, 0.25) is 0 Å². The minimum atomic E-state index is -0.385. The van der Waals surface area contributed by atoms with Crippen molar-refractivity contribution < 1.29 is 9.18 Å². The summed E-state index contributed by atoms with van der Waals surface area (Å²) >= 11 is 0. The first-order valence-electron chi connectivity index (χ1n) is 13.3. The molecule has 3 heterocycles. The molecule has 0 aliphatic carbocycles. The van der Waals surface area contributed by atoms with Gasteiger partial charge in [0.15, 0.2) is 0 Å². The van der Waals surface area contributed by atoms with E-state index in [0.29, 0.717) is 29.2 Å². The maximum atomic E-state index is 14.4. The molecule has 6 nitrogen and oxygen atoms in total. The minimum absolute atomic E-state index is 0.173. The number of aromatic amines is 1. The van der Waals surface area contributed by atoms with Gasteiger partial charge in [0.1, 0.15) is 5.82 Å². The van der Waals surface area contributed by atoms with Crippen molar-refractivity contribution in [3.05, 3.63) is 108 Å². The van der Waals surface area contributed by atoms with Gasteiger partial charge in [0.25, 0.3) is 5.91 Å². The van der Waals surface area contributed by atoms with Gasteiger partial charge >= 0.3 is 0 Å². The molecule has 0 spiro atoms. The van der Waals surface area contributed by atoms with Gasteiger partial charge in [-0.05, 0) is 76.7 Å². The average molecular weight is 518 g/mol. The van der Waals surface area contributed by atoms with Crippen LogP contribution in [-0.4, -0.2) is 37.1 Å². The summed E-state index contributed by atoms with van der Waals surface area (Å²) in [7, 11) is 0. The van der Waals surface area contributed by atoms with Crippen LogP contribution in [0.15, 0.2) is 91.1 Å². The zero-order valence-electron chi connectivity index (χ0n) is 21.4. The number of piperazine rings is 1. The Bertz CT molecular complexity index is 1690. The van der Waals surface area contributed by atoms with E-state index in [0.717, 1.165) is 53.8 Å². The number of nitrogens with zero attached hydrogens (tertiary/aromatic N) is 2. The van der Waals surface area contributed by atoms with E-state index < -0.39 is 0 Å². The van der Waals surface area contributed by atoms with E-state index in [1.54, 1.807) is 11.0 Å². The number of aromatic nitrogens is 1. The molecule has 0 saturated carbocycles. The van der Waals surface area contributed by atoms with Gasteiger partial charge in [0.05, 0.1) is 29.2 Å². The Hall–Kier alpha value is -4.62. The molecule has 0 bridgehead atoms. The molecule has 0 atom stereocenters. The average Bonchev–Trinajstić information content (AvgIpc) is 3.41. The summed E-state index contributed by atoms with van der Waals surface area (Å²) in [6.07, 6.45) is 1.90. The SMILES string of the molecule is O=C1c2cc(-c3ccc(N4CCNCC4)cc3)ccc2Nc2ccc(F)cc2N1Cc1ccc2cc[nH]c2c1. The molecule has 5 aromatic rings. The molecular formula is C32H28FN5O. The molecule has 194 valence electrons. The van der Waals surface area contributed by atoms with Gasteiger partial charge < -0.3 is 25.4 Å². The highest BCUT2D eigenvalue weighted by Gasteiger charge is 2.28. The Balaban J connectivity index is 1.25. The van der Waals surface area contributed by atoms with Crippen molar-refractivity contribution in [3.8, 4) is 11.1 Å². The van der Waals surface area contributed by atoms with Gasteiger partial charge in [-0.3, -0.25) is 4.79 Å². The van der Waals surface area contributed by atoms with Gasteiger partial charge in [0.2, 0.25) is 0 Å². The molecule has 4 aromatic carbocycles. The van der Waals surface area contributed by atoms with Gasteiger partial charge in [-0.2, -0.15) is 0 Å². The van der Waals surface area contributed by atoms with Crippen molar-refractivity contribution in [2.45, 2.75) is 6.54 Å². The number of anilines is 4. The second kappa shape index (κ2) is 9.60. The normalized spacial score (nSPS) is 15.1. The molecule has 7 rings (SSSR count). The van der Waals surface area contributed by atoms with E-state index in [1.165, 1.54) is 17.8 Å². The molecule has 0 radical (unpaired) electrons. The lowest BCUT2D eigenvalue weighted by molar-refractivity contribution is 0.0986. The van der Waals surface area contributed by atoms with Gasteiger partial charge in [-0.15, -0.1) is 0 Å². The van der Waals surface area contributed by atoms with Crippen LogP contribution < -0.4 is 20.4 Å². The Labute approximate surface area is 226 Å². The van der Waals surface area contributed by atoms with Gasteiger partial charge in [0, 0.05) is 43.6 Å². The summed E-state index contributed by atoms with van der Waals surface area (Å²) in [5.74, 6) is -0.558.